The van der Waals surface area contributed by atoms with Gasteiger partial charge in [-0.25, -0.2) is 14.8 Å². The van der Waals surface area contributed by atoms with E-state index in [2.05, 4.69) is 38.7 Å². The van der Waals surface area contributed by atoms with Crippen LogP contribution in [0.5, 0.6) is 11.5 Å². The molecule has 3 aliphatic rings. The van der Waals surface area contributed by atoms with Gasteiger partial charge in [0.1, 0.15) is 40.9 Å². The number of urea groups is 1. The average molecular weight is 925 g/mol. The lowest BCUT2D eigenvalue weighted by Crippen LogP contribution is -2.61. The summed E-state index contributed by atoms with van der Waals surface area (Å²) in [5.41, 5.74) is 3.91. The van der Waals surface area contributed by atoms with Gasteiger partial charge in [-0.2, -0.15) is 0 Å². The number of anilines is 1. The summed E-state index contributed by atoms with van der Waals surface area (Å²) in [7, 11) is 1.56. The number of nitro groups is 1. The Labute approximate surface area is 386 Å². The number of nitrogens with zero attached hydrogens (tertiary/aromatic N) is 4. The Kier molecular flexibility index (Phi) is 13.8. The maximum Gasteiger partial charge on any atom is 0.315 e. The Balaban J connectivity index is 1.17. The monoisotopic (exact) mass is 924 g/mol. The standard InChI is InChI=1S/C46H56N10O9S/c1-8-27-22-46(27,42(60)54-53-39(57)26-13-15-29(16-14-26)56(62)63)52-40(58)36-20-31(23-55(36)41(59)38(45(4,5)6)51-43(61)48-28-11-9-10-12-28)65-37-21-34(35-24-66-44(50-35)47-25(2)3)49-33-19-30(64-7)17-18-32(33)37/h8,13-19,21,24-25,27-28,31,36,38H,1,9-12,20,22-23H2,2-7H3,(H,47,50)(H,52,58)(H,53,57)(H,54,60)(H2,48,51,61)/t27-,31-,36+,38-,46+/m1/s1. The summed E-state index contributed by atoms with van der Waals surface area (Å²) in [6.07, 6.45) is 4.60. The highest BCUT2D eigenvalue weighted by Gasteiger charge is 2.61. The van der Waals surface area contributed by atoms with Crippen LogP contribution in [-0.2, 0) is 14.4 Å². The van der Waals surface area contributed by atoms with Crippen LogP contribution in [-0.4, -0.2) is 98.9 Å². The van der Waals surface area contributed by atoms with Crippen LogP contribution in [0, 0.1) is 21.4 Å². The van der Waals surface area contributed by atoms with E-state index in [4.69, 9.17) is 19.4 Å². The summed E-state index contributed by atoms with van der Waals surface area (Å²) >= 11 is 1.44. The molecule has 3 heterocycles. The fourth-order valence-corrected chi connectivity index (χ4v) is 9.25. The molecular weight excluding hydrogens is 869 g/mol. The number of ether oxygens (including phenoxy) is 2. The van der Waals surface area contributed by atoms with E-state index < -0.39 is 69.6 Å². The van der Waals surface area contributed by atoms with E-state index in [1.54, 1.807) is 25.3 Å². The molecule has 4 aromatic rings. The van der Waals surface area contributed by atoms with Gasteiger partial charge in [0.05, 0.1) is 29.8 Å². The SMILES string of the molecule is C=C[C@@H]1C[C@@]1(NC(=O)[C@@H]1C[C@@H](Oc2cc(-c3csc(NC(C)C)n3)nc3cc(OC)ccc23)CN1C(=O)[C@@H](NC(=O)NC1CCCC1)C(C)(C)C)C(=O)NNC(=O)c1ccc([N+](=O)[O-])cc1. The number of thiazole rings is 1. The molecule has 2 saturated carbocycles. The molecule has 5 atom stereocenters. The van der Waals surface area contributed by atoms with Crippen molar-refractivity contribution < 1.29 is 38.4 Å². The summed E-state index contributed by atoms with van der Waals surface area (Å²) in [5.74, 6) is -2.18. The topological polar surface area (TPSA) is 248 Å². The number of hydrazine groups is 1. The van der Waals surface area contributed by atoms with Crippen molar-refractivity contribution in [2.75, 3.05) is 19.0 Å². The predicted molar refractivity (Wildman–Crippen MR) is 248 cm³/mol. The molecule has 0 bridgehead atoms. The Bertz CT molecular complexity index is 2520. The number of amides is 6. The van der Waals surface area contributed by atoms with E-state index in [9.17, 15) is 34.1 Å². The van der Waals surface area contributed by atoms with Crippen molar-refractivity contribution in [1.29, 1.82) is 0 Å². The van der Waals surface area contributed by atoms with Crippen LogP contribution in [0.15, 0.2) is 66.6 Å². The van der Waals surface area contributed by atoms with Gasteiger partial charge < -0.3 is 35.6 Å². The maximum atomic E-state index is 14.9. The molecular formula is C46H56N10O9S. The molecule has 66 heavy (non-hydrogen) atoms. The number of nitrogens with one attached hydrogen (secondary N) is 6. The molecule has 2 aromatic heterocycles. The second-order valence-electron chi connectivity index (χ2n) is 18.3. The molecule has 6 N–H and O–H groups in total. The minimum Gasteiger partial charge on any atom is -0.497 e. The van der Waals surface area contributed by atoms with Crippen molar-refractivity contribution in [2.45, 2.75) is 109 Å². The minimum atomic E-state index is -1.54. The molecule has 1 aliphatic heterocycles. The molecule has 0 radical (unpaired) electrons. The van der Waals surface area contributed by atoms with Crippen LogP contribution in [0.2, 0.25) is 0 Å². The number of benzene rings is 2. The van der Waals surface area contributed by atoms with Gasteiger partial charge in [-0.15, -0.1) is 17.9 Å². The van der Waals surface area contributed by atoms with Gasteiger partial charge in [0.15, 0.2) is 5.13 Å². The van der Waals surface area contributed by atoms with Gasteiger partial charge in [-0.05, 0) is 62.8 Å². The van der Waals surface area contributed by atoms with Crippen molar-refractivity contribution >= 4 is 62.7 Å². The van der Waals surface area contributed by atoms with E-state index in [0.717, 1.165) is 42.9 Å². The van der Waals surface area contributed by atoms with E-state index in [1.807, 2.05) is 46.1 Å². The Morgan fingerprint density at radius 2 is 1.74 bits per heavy atom. The van der Waals surface area contributed by atoms with Gasteiger partial charge in [0.25, 0.3) is 17.5 Å². The highest BCUT2D eigenvalue weighted by Crippen LogP contribution is 2.45. The summed E-state index contributed by atoms with van der Waals surface area (Å²) in [6.45, 7) is 13.3. The molecule has 2 aromatic carbocycles. The molecule has 0 unspecified atom stereocenters. The first-order valence-corrected chi connectivity index (χ1v) is 22.8. The van der Waals surface area contributed by atoms with E-state index in [1.165, 1.54) is 34.4 Å². The Morgan fingerprint density at radius 1 is 1.02 bits per heavy atom. The third-order valence-corrected chi connectivity index (χ3v) is 12.8. The maximum absolute atomic E-state index is 14.9. The predicted octanol–water partition coefficient (Wildman–Crippen LogP) is 5.62. The van der Waals surface area contributed by atoms with Crippen LogP contribution in [0.25, 0.3) is 22.3 Å². The van der Waals surface area contributed by atoms with Crippen LogP contribution in [0.3, 0.4) is 0 Å². The van der Waals surface area contributed by atoms with Crippen LogP contribution < -0.4 is 41.6 Å². The number of nitro benzene ring substituents is 1. The van der Waals surface area contributed by atoms with Gasteiger partial charge in [-0.1, -0.05) is 39.7 Å². The zero-order valence-electron chi connectivity index (χ0n) is 37.8. The van der Waals surface area contributed by atoms with E-state index >= 15 is 0 Å². The number of likely N-dealkylation sites (tertiary alicyclic amines) is 1. The van der Waals surface area contributed by atoms with Crippen molar-refractivity contribution in [3.63, 3.8) is 0 Å². The fraction of sp³-hybridized carbons (Fsp3) is 0.457. The number of fused-ring (bicyclic) bond motifs is 1. The zero-order chi connectivity index (χ0) is 47.5. The number of aromatic nitrogens is 2. The summed E-state index contributed by atoms with van der Waals surface area (Å²) in [5, 5.41) is 26.5. The molecule has 20 heteroatoms. The molecule has 6 amide bonds. The number of rotatable bonds is 15. The lowest BCUT2D eigenvalue weighted by molar-refractivity contribution is -0.384. The Morgan fingerprint density at radius 3 is 2.38 bits per heavy atom. The fourth-order valence-electron chi connectivity index (χ4n) is 8.40. The largest absolute Gasteiger partial charge is 0.497 e. The highest BCUT2D eigenvalue weighted by atomic mass is 32.1. The molecule has 19 nitrogen and oxygen atoms in total. The molecule has 1 saturated heterocycles. The number of carbonyl (C=O) groups excluding carboxylic acids is 5. The quantitative estimate of drug-likeness (QED) is 0.0483. The summed E-state index contributed by atoms with van der Waals surface area (Å²) in [4.78, 5) is 91.4. The van der Waals surface area contributed by atoms with Crippen molar-refractivity contribution in [3.8, 4) is 22.9 Å². The number of carbonyl (C=O) groups is 5. The van der Waals surface area contributed by atoms with Gasteiger partial charge in [0, 0.05) is 65.0 Å². The molecule has 0 spiro atoms. The number of hydrogen-bond donors (Lipinski definition) is 6. The zero-order valence-corrected chi connectivity index (χ0v) is 38.6. The third kappa shape index (κ3) is 10.5. The second-order valence-corrected chi connectivity index (χ2v) is 19.2. The van der Waals surface area contributed by atoms with Gasteiger partial charge >= 0.3 is 6.03 Å². The number of pyridine rings is 1. The summed E-state index contributed by atoms with van der Waals surface area (Å²) in [6, 6.07) is 9.41. The number of hydrogen-bond acceptors (Lipinski definition) is 13. The lowest BCUT2D eigenvalue weighted by Gasteiger charge is -2.35. The van der Waals surface area contributed by atoms with Crippen molar-refractivity contribution in [1.82, 2.24) is 41.7 Å². The molecule has 7 rings (SSSR count). The van der Waals surface area contributed by atoms with Crippen LogP contribution in [0.1, 0.15) is 83.5 Å². The second kappa shape index (κ2) is 19.3. The highest BCUT2D eigenvalue weighted by molar-refractivity contribution is 7.14. The molecule has 2 aliphatic carbocycles. The van der Waals surface area contributed by atoms with E-state index in [0.29, 0.717) is 33.8 Å². The minimum absolute atomic E-state index is 0.00447. The summed E-state index contributed by atoms with van der Waals surface area (Å²) < 4.78 is 12.3. The first kappa shape index (κ1) is 47.1. The van der Waals surface area contributed by atoms with Gasteiger partial charge in [0.2, 0.25) is 11.8 Å². The number of non-ortho nitro benzene ring substituents is 1. The third-order valence-electron chi connectivity index (χ3n) is 12.1. The lowest BCUT2D eigenvalue weighted by atomic mass is 9.85. The number of methoxy groups -OCH3 is 1. The average Bonchev–Trinajstić information content (AvgIpc) is 3.69. The van der Waals surface area contributed by atoms with Crippen LogP contribution in [0.4, 0.5) is 15.6 Å². The van der Waals surface area contributed by atoms with Crippen molar-refractivity contribution in [2.24, 2.45) is 11.3 Å². The smallest absolute Gasteiger partial charge is 0.315 e. The first-order valence-electron chi connectivity index (χ1n) is 21.9. The first-order chi connectivity index (χ1) is 31.4. The van der Waals surface area contributed by atoms with Gasteiger partial charge in [-0.3, -0.25) is 40.1 Å². The normalized spacial score (nSPS) is 20.8. The Hall–Kier alpha value is -6.83. The van der Waals surface area contributed by atoms with Crippen LogP contribution >= 0.6 is 11.3 Å². The van der Waals surface area contributed by atoms with E-state index in [-0.39, 0.29) is 42.7 Å². The molecule has 3 fully saturated rings. The van der Waals surface area contributed by atoms with Crippen molar-refractivity contribution in [3.05, 3.63) is 82.2 Å². The molecule has 350 valence electrons.